The number of hydrogen-bond acceptors (Lipinski definition) is 6. The first-order valence-electron chi connectivity index (χ1n) is 5.52. The number of anilines is 1. The van der Waals surface area contributed by atoms with E-state index in [0.29, 0.717) is 13.0 Å². The molecule has 0 amide bonds. The minimum Gasteiger partial charge on any atom is -0.379 e. The van der Waals surface area contributed by atoms with Gasteiger partial charge in [0, 0.05) is 18.7 Å². The highest BCUT2D eigenvalue weighted by atomic mass is 32.2. The van der Waals surface area contributed by atoms with Crippen LogP contribution in [0.2, 0.25) is 0 Å². The second-order valence-electron chi connectivity index (χ2n) is 4.17. The number of benzene rings is 1. The van der Waals surface area contributed by atoms with Gasteiger partial charge in [0.1, 0.15) is 5.69 Å². The number of nitro groups is 1. The molecule has 9 heteroatoms. The molecule has 0 saturated carbocycles. The monoisotopic (exact) mass is 288 g/mol. The summed E-state index contributed by atoms with van der Waals surface area (Å²) in [6, 6.07) is 3.44. The summed E-state index contributed by atoms with van der Waals surface area (Å²) in [5.74, 6) is 0. The lowest BCUT2D eigenvalue weighted by atomic mass is 10.2. The third-order valence-corrected chi connectivity index (χ3v) is 3.32. The van der Waals surface area contributed by atoms with Crippen LogP contribution in [0.15, 0.2) is 23.1 Å². The molecule has 1 unspecified atom stereocenters. The van der Waals surface area contributed by atoms with E-state index in [1.165, 1.54) is 12.1 Å². The molecule has 0 bridgehead atoms. The first kappa shape index (κ1) is 15.3. The van der Waals surface area contributed by atoms with Crippen molar-refractivity contribution < 1.29 is 13.3 Å². The normalized spacial score (nSPS) is 13.0. The van der Waals surface area contributed by atoms with E-state index < -0.39 is 14.9 Å². The van der Waals surface area contributed by atoms with Crippen LogP contribution in [0.3, 0.4) is 0 Å². The minimum absolute atomic E-state index is 0.0322. The van der Waals surface area contributed by atoms with Crippen LogP contribution in [-0.2, 0) is 10.0 Å². The van der Waals surface area contributed by atoms with Crippen LogP contribution < -0.4 is 16.2 Å². The van der Waals surface area contributed by atoms with Crippen molar-refractivity contribution in [3.05, 3.63) is 28.3 Å². The van der Waals surface area contributed by atoms with Crippen molar-refractivity contribution in [2.24, 2.45) is 10.9 Å². The van der Waals surface area contributed by atoms with Crippen molar-refractivity contribution in [1.82, 2.24) is 0 Å². The topological polar surface area (TPSA) is 141 Å². The smallest absolute Gasteiger partial charge is 0.293 e. The molecule has 0 saturated heterocycles. The predicted molar refractivity (Wildman–Crippen MR) is 71.2 cm³/mol. The van der Waals surface area contributed by atoms with E-state index in [0.717, 1.165) is 6.07 Å². The molecule has 0 fully saturated rings. The molecule has 0 aliphatic rings. The lowest BCUT2D eigenvalue weighted by molar-refractivity contribution is -0.384. The van der Waals surface area contributed by atoms with Gasteiger partial charge in [-0.05, 0) is 25.5 Å². The molecule has 8 nitrogen and oxygen atoms in total. The summed E-state index contributed by atoms with van der Waals surface area (Å²) in [5.41, 5.74) is 5.46. The van der Waals surface area contributed by atoms with Crippen molar-refractivity contribution in [3.8, 4) is 0 Å². The number of primary sulfonamides is 1. The molecule has 1 rings (SSSR count). The van der Waals surface area contributed by atoms with Gasteiger partial charge in [0.15, 0.2) is 0 Å². The molecule has 5 N–H and O–H groups in total. The van der Waals surface area contributed by atoms with Crippen LogP contribution in [0, 0.1) is 10.1 Å². The van der Waals surface area contributed by atoms with E-state index >= 15 is 0 Å². The average Bonchev–Trinajstić information content (AvgIpc) is 2.27. The number of rotatable bonds is 6. The van der Waals surface area contributed by atoms with Crippen LogP contribution in [0.25, 0.3) is 0 Å². The van der Waals surface area contributed by atoms with E-state index in [9.17, 15) is 18.5 Å². The van der Waals surface area contributed by atoms with Gasteiger partial charge in [-0.25, -0.2) is 13.6 Å². The number of nitro benzene ring substituents is 1. The standard InChI is InChI=1S/C10H16N4O4S/c1-7(11)4-5-13-9-3-2-8(19(12,17)18)6-10(9)14(15)16/h2-3,6-7,13H,4-5,11H2,1H3,(H2,12,17,18). The summed E-state index contributed by atoms with van der Waals surface area (Å²) in [4.78, 5) is 9.94. The van der Waals surface area contributed by atoms with Crippen LogP contribution in [0.5, 0.6) is 0 Å². The molecule has 106 valence electrons. The fourth-order valence-corrected chi connectivity index (χ4v) is 1.96. The Balaban J connectivity index is 3.02. The fourth-order valence-electron chi connectivity index (χ4n) is 1.42. The van der Waals surface area contributed by atoms with Crippen molar-refractivity contribution in [2.75, 3.05) is 11.9 Å². The Morgan fingerprint density at radius 3 is 2.58 bits per heavy atom. The minimum atomic E-state index is -3.96. The maximum atomic E-state index is 11.1. The summed E-state index contributed by atoms with van der Waals surface area (Å²) in [5, 5.41) is 18.7. The van der Waals surface area contributed by atoms with Crippen LogP contribution >= 0.6 is 0 Å². The molecule has 1 atom stereocenters. The number of nitrogens with one attached hydrogen (secondary N) is 1. The molecular weight excluding hydrogens is 272 g/mol. The molecule has 19 heavy (non-hydrogen) atoms. The summed E-state index contributed by atoms with van der Waals surface area (Å²) in [6.07, 6.45) is 0.633. The highest BCUT2D eigenvalue weighted by Gasteiger charge is 2.18. The largest absolute Gasteiger partial charge is 0.379 e. The van der Waals surface area contributed by atoms with E-state index in [2.05, 4.69) is 5.32 Å². The fraction of sp³-hybridized carbons (Fsp3) is 0.400. The number of sulfonamides is 1. The van der Waals surface area contributed by atoms with Gasteiger partial charge in [0.25, 0.3) is 5.69 Å². The van der Waals surface area contributed by atoms with Gasteiger partial charge in [-0.2, -0.15) is 0 Å². The van der Waals surface area contributed by atoms with E-state index in [1.807, 2.05) is 6.92 Å². The molecular formula is C10H16N4O4S. The van der Waals surface area contributed by atoms with Gasteiger partial charge < -0.3 is 11.1 Å². The zero-order valence-electron chi connectivity index (χ0n) is 10.4. The summed E-state index contributed by atoms with van der Waals surface area (Å²) in [7, 11) is -3.96. The summed E-state index contributed by atoms with van der Waals surface area (Å²) >= 11 is 0. The Morgan fingerprint density at radius 1 is 1.47 bits per heavy atom. The number of nitrogens with zero attached hydrogens (tertiary/aromatic N) is 1. The van der Waals surface area contributed by atoms with Crippen molar-refractivity contribution >= 4 is 21.4 Å². The first-order chi connectivity index (χ1) is 8.71. The molecule has 0 spiro atoms. The molecule has 0 radical (unpaired) electrons. The molecule has 0 aliphatic heterocycles. The first-order valence-corrected chi connectivity index (χ1v) is 7.07. The highest BCUT2D eigenvalue weighted by molar-refractivity contribution is 7.89. The number of nitrogens with two attached hydrogens (primary N) is 2. The highest BCUT2D eigenvalue weighted by Crippen LogP contribution is 2.27. The van der Waals surface area contributed by atoms with Gasteiger partial charge in [0.2, 0.25) is 10.0 Å². The molecule has 0 heterocycles. The van der Waals surface area contributed by atoms with Crippen molar-refractivity contribution in [2.45, 2.75) is 24.3 Å². The average molecular weight is 288 g/mol. The maximum Gasteiger partial charge on any atom is 0.293 e. The SMILES string of the molecule is CC(N)CCNc1ccc(S(N)(=O)=O)cc1[N+](=O)[O-]. The lowest BCUT2D eigenvalue weighted by Gasteiger charge is -2.09. The van der Waals surface area contributed by atoms with Gasteiger partial charge in [0.05, 0.1) is 9.82 Å². The van der Waals surface area contributed by atoms with Crippen LogP contribution in [-0.4, -0.2) is 25.9 Å². The van der Waals surface area contributed by atoms with Gasteiger partial charge >= 0.3 is 0 Å². The Hall–Kier alpha value is -1.71. The van der Waals surface area contributed by atoms with Crippen molar-refractivity contribution in [3.63, 3.8) is 0 Å². The molecule has 0 aromatic heterocycles. The van der Waals surface area contributed by atoms with Gasteiger partial charge in [-0.3, -0.25) is 10.1 Å². The molecule has 1 aromatic rings. The number of hydrogen-bond donors (Lipinski definition) is 3. The van der Waals surface area contributed by atoms with Crippen LogP contribution in [0.4, 0.5) is 11.4 Å². The predicted octanol–water partition coefficient (Wildman–Crippen LogP) is 0.391. The Morgan fingerprint density at radius 2 is 2.11 bits per heavy atom. The van der Waals surface area contributed by atoms with E-state index in [1.54, 1.807) is 0 Å². The Bertz CT molecular complexity index is 571. The maximum absolute atomic E-state index is 11.1. The van der Waals surface area contributed by atoms with Crippen LogP contribution in [0.1, 0.15) is 13.3 Å². The summed E-state index contributed by atoms with van der Waals surface area (Å²) < 4.78 is 22.3. The van der Waals surface area contributed by atoms with Crippen molar-refractivity contribution in [1.29, 1.82) is 0 Å². The lowest BCUT2D eigenvalue weighted by Crippen LogP contribution is -2.19. The third-order valence-electron chi connectivity index (χ3n) is 2.41. The van der Waals surface area contributed by atoms with E-state index in [4.69, 9.17) is 10.9 Å². The van der Waals surface area contributed by atoms with Gasteiger partial charge in [-0.1, -0.05) is 0 Å². The molecule has 1 aromatic carbocycles. The molecule has 0 aliphatic carbocycles. The summed E-state index contributed by atoms with van der Waals surface area (Å²) in [6.45, 7) is 2.27. The Kier molecular flexibility index (Phi) is 4.81. The second-order valence-corrected chi connectivity index (χ2v) is 5.74. The zero-order chi connectivity index (χ0) is 14.6. The zero-order valence-corrected chi connectivity index (χ0v) is 11.2. The van der Waals surface area contributed by atoms with E-state index in [-0.39, 0.29) is 22.3 Å². The Labute approximate surface area is 111 Å². The quantitative estimate of drug-likeness (QED) is 0.510. The third kappa shape index (κ3) is 4.47. The van der Waals surface area contributed by atoms with Gasteiger partial charge in [-0.15, -0.1) is 0 Å². The second kappa shape index (κ2) is 5.95.